The van der Waals surface area contributed by atoms with Crippen molar-refractivity contribution in [2.24, 2.45) is 11.8 Å². The summed E-state index contributed by atoms with van der Waals surface area (Å²) in [4.78, 5) is 39.8. The van der Waals surface area contributed by atoms with Gasteiger partial charge in [0.2, 0.25) is 0 Å². The van der Waals surface area contributed by atoms with E-state index in [0.717, 1.165) is 0 Å². The predicted octanol–water partition coefficient (Wildman–Crippen LogP) is 4.05. The smallest absolute Gasteiger partial charge is 0.337 e. The van der Waals surface area contributed by atoms with Crippen LogP contribution in [0.15, 0.2) is 40.7 Å². The van der Waals surface area contributed by atoms with Crippen LogP contribution in [0.2, 0.25) is 0 Å². The molecule has 3 rings (SSSR count). The minimum absolute atomic E-state index is 0.252. The molecule has 8 heteroatoms. The third kappa shape index (κ3) is 5.06. The average Bonchev–Trinajstić information content (AvgIpc) is 2.83. The van der Waals surface area contributed by atoms with Crippen molar-refractivity contribution in [1.29, 1.82) is 0 Å². The molecule has 0 unspecified atom stereocenters. The number of benzene rings is 1. The van der Waals surface area contributed by atoms with Crippen LogP contribution in [0.25, 0.3) is 0 Å². The molecule has 1 heterocycles. The van der Waals surface area contributed by atoms with Gasteiger partial charge in [0.15, 0.2) is 17.3 Å². The molecule has 1 aliphatic carbocycles. The number of dihydropyridines is 1. The molecule has 0 saturated carbocycles. The van der Waals surface area contributed by atoms with Gasteiger partial charge in [-0.2, -0.15) is 0 Å². The van der Waals surface area contributed by atoms with Crippen molar-refractivity contribution < 1.29 is 33.3 Å². The van der Waals surface area contributed by atoms with Gasteiger partial charge in [-0.05, 0) is 57.2 Å². The SMILES string of the molecule is CCOc1ccc([C@H]2C(C(=O)O[C@H](C)CC)=C(C)NC3=C2C(=O)[C@@H](C(=O)OC)[C@@H](C)C3)cc1OC. The zero-order valence-electron chi connectivity index (χ0n) is 21.5. The fourth-order valence-electron chi connectivity index (χ4n) is 4.75. The first-order chi connectivity index (χ1) is 16.7. The lowest BCUT2D eigenvalue weighted by Crippen LogP contribution is -2.43. The number of carbonyl (C=O) groups excluding carboxylic acids is 3. The molecule has 190 valence electrons. The summed E-state index contributed by atoms with van der Waals surface area (Å²) in [6, 6.07) is 5.35. The molecule has 0 radical (unpaired) electrons. The van der Waals surface area contributed by atoms with Gasteiger partial charge in [0.05, 0.1) is 32.5 Å². The molecule has 1 aromatic carbocycles. The standard InChI is InChI=1S/C27H35NO7/c1-8-15(4)35-27(31)22-16(5)28-18-12-14(3)21(26(30)33-7)25(29)24(18)23(22)17-10-11-19(34-9-2)20(13-17)32-6/h10-11,13-15,21,23,28H,8-9,12H2,1-7H3/t14-,15+,21-,23-/m0/s1. The lowest BCUT2D eigenvalue weighted by molar-refractivity contribution is -0.151. The number of hydrogen-bond acceptors (Lipinski definition) is 8. The van der Waals surface area contributed by atoms with Gasteiger partial charge in [-0.1, -0.05) is 19.9 Å². The lowest BCUT2D eigenvalue weighted by Gasteiger charge is -2.38. The summed E-state index contributed by atoms with van der Waals surface area (Å²) in [5, 5.41) is 3.27. The predicted molar refractivity (Wildman–Crippen MR) is 130 cm³/mol. The second-order valence-corrected chi connectivity index (χ2v) is 9.00. The van der Waals surface area contributed by atoms with E-state index in [-0.39, 0.29) is 17.8 Å². The van der Waals surface area contributed by atoms with Crippen molar-refractivity contribution in [1.82, 2.24) is 5.32 Å². The highest BCUT2D eigenvalue weighted by molar-refractivity contribution is 6.12. The van der Waals surface area contributed by atoms with Crippen LogP contribution in [0.3, 0.4) is 0 Å². The molecule has 0 amide bonds. The summed E-state index contributed by atoms with van der Waals surface area (Å²) < 4.78 is 21.8. The van der Waals surface area contributed by atoms with Crippen LogP contribution >= 0.6 is 0 Å². The first kappa shape index (κ1) is 26.3. The number of Topliss-reactive ketones (excluding diaryl/α,β-unsaturated/α-hetero) is 1. The van der Waals surface area contributed by atoms with Crippen LogP contribution < -0.4 is 14.8 Å². The Balaban J connectivity index is 2.20. The van der Waals surface area contributed by atoms with E-state index in [0.29, 0.717) is 59.1 Å². The van der Waals surface area contributed by atoms with Crippen molar-refractivity contribution in [2.75, 3.05) is 20.8 Å². The zero-order chi connectivity index (χ0) is 25.9. The van der Waals surface area contributed by atoms with Gasteiger partial charge in [-0.25, -0.2) is 4.79 Å². The van der Waals surface area contributed by atoms with Crippen LogP contribution in [0.5, 0.6) is 11.5 Å². The van der Waals surface area contributed by atoms with E-state index in [4.69, 9.17) is 18.9 Å². The minimum atomic E-state index is -0.946. The van der Waals surface area contributed by atoms with E-state index in [1.807, 2.05) is 33.8 Å². The molecule has 0 bridgehead atoms. The van der Waals surface area contributed by atoms with Gasteiger partial charge >= 0.3 is 11.9 Å². The Labute approximate surface area is 206 Å². The Morgan fingerprint density at radius 3 is 2.49 bits per heavy atom. The Kier molecular flexibility index (Phi) is 8.25. The first-order valence-electron chi connectivity index (χ1n) is 12.0. The Bertz CT molecular complexity index is 1070. The maximum Gasteiger partial charge on any atom is 0.337 e. The molecule has 4 atom stereocenters. The number of hydrogen-bond donors (Lipinski definition) is 1. The molecule has 35 heavy (non-hydrogen) atoms. The molecule has 1 aromatic rings. The van der Waals surface area contributed by atoms with Crippen molar-refractivity contribution in [3.05, 3.63) is 46.3 Å². The number of ether oxygens (including phenoxy) is 4. The molecule has 0 fully saturated rings. The van der Waals surface area contributed by atoms with Gasteiger partial charge in [0, 0.05) is 22.9 Å². The van der Waals surface area contributed by atoms with Gasteiger partial charge in [0.25, 0.3) is 0 Å². The second kappa shape index (κ2) is 11.0. The molecule has 1 N–H and O–H groups in total. The van der Waals surface area contributed by atoms with Crippen molar-refractivity contribution in [3.63, 3.8) is 0 Å². The fourth-order valence-corrected chi connectivity index (χ4v) is 4.75. The normalized spacial score (nSPS) is 22.7. The monoisotopic (exact) mass is 485 g/mol. The van der Waals surface area contributed by atoms with Crippen molar-refractivity contribution >= 4 is 17.7 Å². The molecule has 0 aromatic heterocycles. The lowest BCUT2D eigenvalue weighted by atomic mass is 9.69. The maximum atomic E-state index is 13.8. The summed E-state index contributed by atoms with van der Waals surface area (Å²) in [6.45, 7) is 9.75. The van der Waals surface area contributed by atoms with Gasteiger partial charge in [0.1, 0.15) is 5.92 Å². The fraction of sp³-hybridized carbons (Fsp3) is 0.519. The van der Waals surface area contributed by atoms with Crippen molar-refractivity contribution in [2.45, 2.75) is 59.5 Å². The van der Waals surface area contributed by atoms with E-state index in [1.54, 1.807) is 19.1 Å². The van der Waals surface area contributed by atoms with E-state index >= 15 is 0 Å². The summed E-state index contributed by atoms with van der Waals surface area (Å²) >= 11 is 0. The third-order valence-electron chi connectivity index (χ3n) is 6.67. The number of ketones is 1. The molecular weight excluding hydrogens is 450 g/mol. The summed E-state index contributed by atoms with van der Waals surface area (Å²) in [5.41, 5.74) is 2.71. The van der Waals surface area contributed by atoms with Crippen LogP contribution in [0.1, 0.15) is 58.9 Å². The highest BCUT2D eigenvalue weighted by Crippen LogP contribution is 2.47. The van der Waals surface area contributed by atoms with E-state index < -0.39 is 23.8 Å². The van der Waals surface area contributed by atoms with Crippen LogP contribution in [0.4, 0.5) is 0 Å². The number of allylic oxidation sites excluding steroid dienone is 3. The Morgan fingerprint density at radius 2 is 1.89 bits per heavy atom. The highest BCUT2D eigenvalue weighted by atomic mass is 16.5. The first-order valence-corrected chi connectivity index (χ1v) is 12.0. The number of esters is 2. The number of nitrogens with one attached hydrogen (secondary N) is 1. The number of methoxy groups -OCH3 is 2. The van der Waals surface area contributed by atoms with Crippen LogP contribution in [-0.4, -0.2) is 44.7 Å². The molecule has 8 nitrogen and oxygen atoms in total. The van der Waals surface area contributed by atoms with E-state index in [2.05, 4.69) is 5.32 Å². The van der Waals surface area contributed by atoms with E-state index in [1.165, 1.54) is 14.2 Å². The molecule has 1 aliphatic heterocycles. The third-order valence-corrected chi connectivity index (χ3v) is 6.67. The molecule has 0 spiro atoms. The second-order valence-electron chi connectivity index (χ2n) is 9.00. The van der Waals surface area contributed by atoms with Gasteiger partial charge in [-0.3, -0.25) is 9.59 Å². The molecule has 0 saturated heterocycles. The summed E-state index contributed by atoms with van der Waals surface area (Å²) in [6.07, 6.45) is 0.830. The topological polar surface area (TPSA) is 100 Å². The zero-order valence-corrected chi connectivity index (χ0v) is 21.5. The quantitative estimate of drug-likeness (QED) is 0.435. The average molecular weight is 486 g/mol. The summed E-state index contributed by atoms with van der Waals surface area (Å²) in [7, 11) is 2.81. The van der Waals surface area contributed by atoms with Crippen LogP contribution in [-0.2, 0) is 23.9 Å². The maximum absolute atomic E-state index is 13.8. The number of rotatable bonds is 8. The summed E-state index contributed by atoms with van der Waals surface area (Å²) in [5.74, 6) is -2.32. The Hall–Kier alpha value is -3.29. The van der Waals surface area contributed by atoms with E-state index in [9.17, 15) is 14.4 Å². The largest absolute Gasteiger partial charge is 0.493 e. The van der Waals surface area contributed by atoms with Crippen LogP contribution in [0, 0.1) is 11.8 Å². The van der Waals surface area contributed by atoms with Gasteiger partial charge in [-0.15, -0.1) is 0 Å². The Morgan fingerprint density at radius 1 is 1.17 bits per heavy atom. The molecule has 2 aliphatic rings. The minimum Gasteiger partial charge on any atom is -0.493 e. The number of carbonyl (C=O) groups is 3. The van der Waals surface area contributed by atoms with Gasteiger partial charge < -0.3 is 24.3 Å². The van der Waals surface area contributed by atoms with Crippen molar-refractivity contribution in [3.8, 4) is 11.5 Å². The highest BCUT2D eigenvalue weighted by Gasteiger charge is 2.47. The molecular formula is C27H35NO7.